The van der Waals surface area contributed by atoms with Gasteiger partial charge in [0.2, 0.25) is 0 Å². The first-order valence-electron chi connectivity index (χ1n) is 4.84. The molecule has 0 unspecified atom stereocenters. The number of hydrogen-bond donors (Lipinski definition) is 1. The summed E-state index contributed by atoms with van der Waals surface area (Å²) in [5.41, 5.74) is 0.762. The molecule has 0 aliphatic heterocycles. The van der Waals surface area contributed by atoms with E-state index in [2.05, 4.69) is 15.0 Å². The Hall–Kier alpha value is -2.50. The van der Waals surface area contributed by atoms with Gasteiger partial charge in [-0.3, -0.25) is 4.98 Å². The van der Waals surface area contributed by atoms with Gasteiger partial charge in [-0.05, 0) is 12.1 Å². The molecule has 0 aliphatic rings. The van der Waals surface area contributed by atoms with Gasteiger partial charge in [-0.1, -0.05) is 6.07 Å². The molecule has 0 saturated carbocycles. The summed E-state index contributed by atoms with van der Waals surface area (Å²) in [7, 11) is 0. The SMILES string of the molecule is O=C(O)c1ccnc(OCc2cccnc2)n1. The van der Waals surface area contributed by atoms with Gasteiger partial charge in [-0.15, -0.1) is 0 Å². The number of nitrogens with zero attached hydrogens (tertiary/aromatic N) is 3. The Morgan fingerprint density at radius 1 is 1.35 bits per heavy atom. The molecule has 2 aromatic rings. The number of pyridine rings is 1. The third-order valence-corrected chi connectivity index (χ3v) is 1.94. The van der Waals surface area contributed by atoms with Crippen LogP contribution in [0, 0.1) is 0 Å². The monoisotopic (exact) mass is 231 g/mol. The van der Waals surface area contributed by atoms with Crippen LogP contribution in [-0.2, 0) is 6.61 Å². The molecule has 2 heterocycles. The maximum Gasteiger partial charge on any atom is 0.354 e. The zero-order valence-electron chi connectivity index (χ0n) is 8.78. The molecule has 0 bridgehead atoms. The molecule has 2 aromatic heterocycles. The van der Waals surface area contributed by atoms with Crippen LogP contribution in [-0.4, -0.2) is 26.0 Å². The number of aromatic nitrogens is 3. The lowest BCUT2D eigenvalue weighted by Gasteiger charge is -2.03. The number of carbonyl (C=O) groups is 1. The number of hydrogen-bond acceptors (Lipinski definition) is 5. The van der Waals surface area contributed by atoms with Crippen molar-refractivity contribution in [3.8, 4) is 6.01 Å². The summed E-state index contributed by atoms with van der Waals surface area (Å²) >= 11 is 0. The summed E-state index contributed by atoms with van der Waals surface area (Å²) in [5, 5.41) is 8.74. The van der Waals surface area contributed by atoms with Crippen molar-refractivity contribution < 1.29 is 14.6 Å². The van der Waals surface area contributed by atoms with E-state index in [0.29, 0.717) is 0 Å². The lowest BCUT2D eigenvalue weighted by atomic mass is 10.3. The van der Waals surface area contributed by atoms with Gasteiger partial charge in [0.25, 0.3) is 0 Å². The predicted molar refractivity (Wildman–Crippen MR) is 57.6 cm³/mol. The van der Waals surface area contributed by atoms with E-state index in [1.165, 1.54) is 12.3 Å². The van der Waals surface area contributed by atoms with E-state index in [1.54, 1.807) is 18.5 Å². The minimum atomic E-state index is -1.11. The van der Waals surface area contributed by atoms with Gasteiger partial charge in [0.05, 0.1) is 0 Å². The Bertz CT molecular complexity index is 516. The van der Waals surface area contributed by atoms with E-state index < -0.39 is 5.97 Å². The average molecular weight is 231 g/mol. The van der Waals surface area contributed by atoms with Crippen LogP contribution in [0.3, 0.4) is 0 Å². The quantitative estimate of drug-likeness (QED) is 0.849. The van der Waals surface area contributed by atoms with E-state index in [-0.39, 0.29) is 18.3 Å². The molecular formula is C11H9N3O3. The molecule has 2 rings (SSSR count). The highest BCUT2D eigenvalue weighted by Gasteiger charge is 2.06. The van der Waals surface area contributed by atoms with Gasteiger partial charge in [0.1, 0.15) is 6.61 Å². The highest BCUT2D eigenvalue weighted by molar-refractivity contribution is 5.85. The summed E-state index contributed by atoms with van der Waals surface area (Å²) in [6.45, 7) is 0.247. The normalized spacial score (nSPS) is 9.88. The topological polar surface area (TPSA) is 85.2 Å². The largest absolute Gasteiger partial charge is 0.477 e. The second kappa shape index (κ2) is 5.02. The fourth-order valence-electron chi connectivity index (χ4n) is 1.16. The van der Waals surface area contributed by atoms with Crippen molar-refractivity contribution in [3.05, 3.63) is 48.0 Å². The van der Waals surface area contributed by atoms with E-state index in [4.69, 9.17) is 9.84 Å². The van der Waals surface area contributed by atoms with Crippen molar-refractivity contribution in [1.29, 1.82) is 0 Å². The number of carboxylic acid groups (broad SMARTS) is 1. The lowest BCUT2D eigenvalue weighted by Crippen LogP contribution is -2.05. The summed E-state index contributed by atoms with van der Waals surface area (Å²) in [5.74, 6) is -1.11. The Morgan fingerprint density at radius 2 is 2.24 bits per heavy atom. The molecule has 1 N–H and O–H groups in total. The highest BCUT2D eigenvalue weighted by Crippen LogP contribution is 2.06. The van der Waals surface area contributed by atoms with Crippen LogP contribution in [0.4, 0.5) is 0 Å². The second-order valence-electron chi connectivity index (χ2n) is 3.18. The average Bonchev–Trinajstić information content (AvgIpc) is 2.38. The van der Waals surface area contributed by atoms with Crippen molar-refractivity contribution in [1.82, 2.24) is 15.0 Å². The first kappa shape index (κ1) is 11.0. The van der Waals surface area contributed by atoms with Crippen molar-refractivity contribution in [3.63, 3.8) is 0 Å². The van der Waals surface area contributed by atoms with Gasteiger partial charge in [-0.2, -0.15) is 4.98 Å². The Morgan fingerprint density at radius 3 is 2.94 bits per heavy atom. The maximum absolute atomic E-state index is 10.7. The molecule has 17 heavy (non-hydrogen) atoms. The number of rotatable bonds is 4. The van der Waals surface area contributed by atoms with Crippen LogP contribution in [0.5, 0.6) is 6.01 Å². The molecule has 0 atom stereocenters. The van der Waals surface area contributed by atoms with Crippen LogP contribution < -0.4 is 4.74 Å². The molecule has 0 radical (unpaired) electrons. The van der Waals surface area contributed by atoms with Gasteiger partial charge >= 0.3 is 12.0 Å². The van der Waals surface area contributed by atoms with Crippen molar-refractivity contribution >= 4 is 5.97 Å². The van der Waals surface area contributed by atoms with E-state index in [0.717, 1.165) is 5.56 Å². The second-order valence-corrected chi connectivity index (χ2v) is 3.18. The number of aromatic carboxylic acids is 1. The summed E-state index contributed by atoms with van der Waals surface area (Å²) in [6.07, 6.45) is 4.65. The Labute approximate surface area is 96.9 Å². The molecule has 0 saturated heterocycles. The highest BCUT2D eigenvalue weighted by atomic mass is 16.5. The summed E-state index contributed by atoms with van der Waals surface area (Å²) < 4.78 is 5.26. The third-order valence-electron chi connectivity index (χ3n) is 1.94. The molecule has 0 aromatic carbocycles. The fourth-order valence-corrected chi connectivity index (χ4v) is 1.16. The molecule has 6 nitrogen and oxygen atoms in total. The van der Waals surface area contributed by atoms with Gasteiger partial charge in [-0.25, -0.2) is 9.78 Å². The van der Waals surface area contributed by atoms with E-state index >= 15 is 0 Å². The van der Waals surface area contributed by atoms with Gasteiger partial charge < -0.3 is 9.84 Å². The predicted octanol–water partition coefficient (Wildman–Crippen LogP) is 1.15. The molecule has 6 heteroatoms. The Balaban J connectivity index is 2.04. The van der Waals surface area contributed by atoms with E-state index in [9.17, 15) is 4.79 Å². The van der Waals surface area contributed by atoms with Crippen molar-refractivity contribution in [2.75, 3.05) is 0 Å². The molecule has 0 aliphatic carbocycles. The minimum absolute atomic E-state index is 0.0359. The first-order valence-corrected chi connectivity index (χ1v) is 4.84. The van der Waals surface area contributed by atoms with Crippen molar-refractivity contribution in [2.45, 2.75) is 6.61 Å². The van der Waals surface area contributed by atoms with Crippen molar-refractivity contribution in [2.24, 2.45) is 0 Å². The fraction of sp³-hybridized carbons (Fsp3) is 0.0909. The van der Waals surface area contributed by atoms with Gasteiger partial charge in [0, 0.05) is 24.2 Å². The summed E-state index contributed by atoms with van der Waals surface area (Å²) in [6, 6.07) is 4.97. The Kier molecular flexibility index (Phi) is 3.25. The third kappa shape index (κ3) is 2.97. The lowest BCUT2D eigenvalue weighted by molar-refractivity contribution is 0.0688. The van der Waals surface area contributed by atoms with Gasteiger partial charge in [0.15, 0.2) is 5.69 Å². The zero-order chi connectivity index (χ0) is 12.1. The van der Waals surface area contributed by atoms with Crippen LogP contribution in [0.1, 0.15) is 16.1 Å². The van der Waals surface area contributed by atoms with Crippen LogP contribution in [0.25, 0.3) is 0 Å². The van der Waals surface area contributed by atoms with E-state index in [1.807, 2.05) is 6.07 Å². The minimum Gasteiger partial charge on any atom is -0.477 e. The molecule has 0 fully saturated rings. The standard InChI is InChI=1S/C11H9N3O3/c15-10(16)9-3-5-13-11(14-9)17-7-8-2-1-4-12-6-8/h1-6H,7H2,(H,15,16). The maximum atomic E-state index is 10.7. The molecule has 86 valence electrons. The van der Waals surface area contributed by atoms with Crippen LogP contribution in [0.15, 0.2) is 36.8 Å². The number of ether oxygens (including phenoxy) is 1. The molecule has 0 amide bonds. The molecule has 0 spiro atoms. The zero-order valence-corrected chi connectivity index (χ0v) is 8.78. The van der Waals surface area contributed by atoms with Crippen LogP contribution in [0.2, 0.25) is 0 Å². The molecular weight excluding hydrogens is 222 g/mol. The smallest absolute Gasteiger partial charge is 0.354 e. The van der Waals surface area contributed by atoms with Crippen LogP contribution >= 0.6 is 0 Å². The first-order chi connectivity index (χ1) is 8.25. The number of carboxylic acids is 1. The summed E-state index contributed by atoms with van der Waals surface area (Å²) in [4.78, 5) is 22.2.